The van der Waals surface area contributed by atoms with E-state index in [2.05, 4.69) is 205 Å². The van der Waals surface area contributed by atoms with Crippen LogP contribution in [0.5, 0.6) is 0 Å². The highest BCUT2D eigenvalue weighted by atomic mass is 16.3. The van der Waals surface area contributed by atoms with E-state index in [1.807, 2.05) is 0 Å². The SMILES string of the molecule is c1ccc(-c2ccc(N(c3cccc4c(-c5cc6ccccc6c6ccccc56)cccc34)c3cccc4oc5cc6ccccc6cc5c34)cc2)cc1. The third-order valence-corrected chi connectivity index (χ3v) is 11.0. The zero-order chi connectivity index (χ0) is 35.6. The van der Waals surface area contributed by atoms with Crippen molar-refractivity contribution in [2.24, 2.45) is 0 Å². The van der Waals surface area contributed by atoms with Crippen LogP contribution in [0.25, 0.3) is 87.3 Å². The Balaban J connectivity index is 1.18. The molecule has 0 radical (unpaired) electrons. The molecule has 0 atom stereocenters. The second-order valence-corrected chi connectivity index (χ2v) is 14.1. The lowest BCUT2D eigenvalue weighted by atomic mass is 9.90. The van der Waals surface area contributed by atoms with Crippen LogP contribution in [0.3, 0.4) is 0 Å². The van der Waals surface area contributed by atoms with Crippen molar-refractivity contribution < 1.29 is 4.42 Å². The lowest BCUT2D eigenvalue weighted by Gasteiger charge is -2.28. The van der Waals surface area contributed by atoms with E-state index in [1.54, 1.807) is 0 Å². The number of hydrogen-bond donors (Lipinski definition) is 0. The Hall–Kier alpha value is -7.16. The molecule has 0 unspecified atom stereocenters. The fraction of sp³-hybridized carbons (Fsp3) is 0. The van der Waals surface area contributed by atoms with Crippen LogP contribution >= 0.6 is 0 Å². The van der Waals surface area contributed by atoms with Crippen LogP contribution in [0.2, 0.25) is 0 Å². The number of anilines is 3. The van der Waals surface area contributed by atoms with Gasteiger partial charge in [-0.25, -0.2) is 0 Å². The average molecular weight is 688 g/mol. The van der Waals surface area contributed by atoms with Crippen LogP contribution in [-0.4, -0.2) is 0 Å². The Labute approximate surface area is 312 Å². The summed E-state index contributed by atoms with van der Waals surface area (Å²) in [5.74, 6) is 0. The zero-order valence-corrected chi connectivity index (χ0v) is 29.4. The molecule has 252 valence electrons. The first-order chi connectivity index (χ1) is 26.8. The van der Waals surface area contributed by atoms with Gasteiger partial charge in [0.2, 0.25) is 0 Å². The van der Waals surface area contributed by atoms with Crippen LogP contribution in [0.15, 0.2) is 205 Å². The number of rotatable bonds is 5. The van der Waals surface area contributed by atoms with E-state index in [-0.39, 0.29) is 0 Å². The van der Waals surface area contributed by atoms with Gasteiger partial charge in [-0.3, -0.25) is 0 Å². The molecule has 54 heavy (non-hydrogen) atoms. The predicted octanol–water partition coefficient (Wildman–Crippen LogP) is 15.0. The lowest BCUT2D eigenvalue weighted by Crippen LogP contribution is -2.11. The summed E-state index contributed by atoms with van der Waals surface area (Å²) in [5, 5.41) is 12.0. The summed E-state index contributed by atoms with van der Waals surface area (Å²) in [6, 6.07) is 72.3. The van der Waals surface area contributed by atoms with E-state index in [9.17, 15) is 0 Å². The molecule has 2 nitrogen and oxygen atoms in total. The van der Waals surface area contributed by atoms with Gasteiger partial charge in [-0.1, -0.05) is 152 Å². The minimum atomic E-state index is 0.868. The molecule has 0 aliphatic rings. The maximum Gasteiger partial charge on any atom is 0.137 e. The molecule has 1 aromatic heterocycles. The smallest absolute Gasteiger partial charge is 0.137 e. The van der Waals surface area contributed by atoms with Gasteiger partial charge in [-0.2, -0.15) is 0 Å². The maximum atomic E-state index is 6.61. The average Bonchev–Trinajstić information content (AvgIpc) is 3.61. The largest absolute Gasteiger partial charge is 0.456 e. The van der Waals surface area contributed by atoms with Crippen LogP contribution < -0.4 is 4.90 Å². The minimum absolute atomic E-state index is 0.868. The molecular weight excluding hydrogens is 655 g/mol. The number of fused-ring (bicyclic) bond motifs is 8. The summed E-state index contributed by atoms with van der Waals surface area (Å²) < 4.78 is 6.61. The summed E-state index contributed by atoms with van der Waals surface area (Å²) in [7, 11) is 0. The van der Waals surface area contributed by atoms with E-state index < -0.39 is 0 Å². The molecule has 2 heteroatoms. The van der Waals surface area contributed by atoms with Crippen molar-refractivity contribution >= 4 is 82.1 Å². The molecule has 0 spiro atoms. The molecule has 0 saturated carbocycles. The molecule has 0 saturated heterocycles. The van der Waals surface area contributed by atoms with Crippen molar-refractivity contribution in [3.05, 3.63) is 200 Å². The zero-order valence-electron chi connectivity index (χ0n) is 29.4. The Kier molecular flexibility index (Phi) is 6.90. The first-order valence-corrected chi connectivity index (χ1v) is 18.5. The van der Waals surface area contributed by atoms with Crippen molar-refractivity contribution in [2.75, 3.05) is 4.90 Å². The molecule has 0 aliphatic carbocycles. The monoisotopic (exact) mass is 687 g/mol. The van der Waals surface area contributed by atoms with Gasteiger partial charge >= 0.3 is 0 Å². The molecule has 11 aromatic rings. The van der Waals surface area contributed by atoms with Gasteiger partial charge in [-0.15, -0.1) is 0 Å². The van der Waals surface area contributed by atoms with Gasteiger partial charge in [0.1, 0.15) is 11.2 Å². The molecule has 0 bridgehead atoms. The van der Waals surface area contributed by atoms with E-state index in [0.29, 0.717) is 0 Å². The second kappa shape index (κ2) is 12.2. The van der Waals surface area contributed by atoms with E-state index in [1.165, 1.54) is 65.3 Å². The summed E-state index contributed by atoms with van der Waals surface area (Å²) in [6.45, 7) is 0. The van der Waals surface area contributed by atoms with E-state index in [0.717, 1.165) is 39.0 Å². The molecular formula is C52H33NO. The third-order valence-electron chi connectivity index (χ3n) is 11.0. The third kappa shape index (κ3) is 4.81. The molecule has 0 N–H and O–H groups in total. The standard InChI is InChI=1S/C52H33NO/c1-2-13-34(14-3-1)35-27-29-39(30-28-35)53(49-25-12-26-50-52(49)47-31-36-15-4-5-16-37(36)33-51(47)54-50)48-24-11-22-42-44(21-10-23-45(42)48)46-32-38-17-6-7-18-40(38)41-19-8-9-20-43(41)46/h1-33H. The summed E-state index contributed by atoms with van der Waals surface area (Å²) in [4.78, 5) is 2.42. The minimum Gasteiger partial charge on any atom is -0.456 e. The van der Waals surface area contributed by atoms with E-state index >= 15 is 0 Å². The van der Waals surface area contributed by atoms with Gasteiger partial charge in [0, 0.05) is 16.5 Å². The van der Waals surface area contributed by atoms with Crippen molar-refractivity contribution in [1.29, 1.82) is 0 Å². The number of furan rings is 1. The van der Waals surface area contributed by atoms with Gasteiger partial charge in [0.15, 0.2) is 0 Å². The Morgan fingerprint density at radius 3 is 1.74 bits per heavy atom. The van der Waals surface area contributed by atoms with Crippen molar-refractivity contribution in [3.8, 4) is 22.3 Å². The Morgan fingerprint density at radius 1 is 0.315 bits per heavy atom. The predicted molar refractivity (Wildman–Crippen MR) is 229 cm³/mol. The molecule has 11 rings (SSSR count). The first-order valence-electron chi connectivity index (χ1n) is 18.5. The van der Waals surface area contributed by atoms with E-state index in [4.69, 9.17) is 4.42 Å². The lowest BCUT2D eigenvalue weighted by molar-refractivity contribution is 0.669. The fourth-order valence-electron chi connectivity index (χ4n) is 8.52. The number of benzene rings is 10. The van der Waals surface area contributed by atoms with Crippen LogP contribution in [-0.2, 0) is 0 Å². The molecule has 10 aromatic carbocycles. The molecule has 0 fully saturated rings. The van der Waals surface area contributed by atoms with Gasteiger partial charge in [0.25, 0.3) is 0 Å². The molecule has 0 aliphatic heterocycles. The summed E-state index contributed by atoms with van der Waals surface area (Å²) in [5.41, 5.74) is 9.84. The van der Waals surface area contributed by atoms with Gasteiger partial charge < -0.3 is 9.32 Å². The van der Waals surface area contributed by atoms with Crippen molar-refractivity contribution in [2.45, 2.75) is 0 Å². The normalized spacial score (nSPS) is 11.7. The highest BCUT2D eigenvalue weighted by Gasteiger charge is 2.22. The van der Waals surface area contributed by atoms with Gasteiger partial charge in [0.05, 0.1) is 16.8 Å². The van der Waals surface area contributed by atoms with Crippen molar-refractivity contribution in [3.63, 3.8) is 0 Å². The van der Waals surface area contributed by atoms with Gasteiger partial charge in [-0.05, 0) is 108 Å². The Bertz CT molecular complexity index is 3210. The van der Waals surface area contributed by atoms with Crippen molar-refractivity contribution in [1.82, 2.24) is 0 Å². The molecule has 0 amide bonds. The summed E-state index contributed by atoms with van der Waals surface area (Å²) in [6.07, 6.45) is 0. The maximum absolute atomic E-state index is 6.61. The molecule has 1 heterocycles. The van der Waals surface area contributed by atoms with Crippen LogP contribution in [0.4, 0.5) is 17.1 Å². The van der Waals surface area contributed by atoms with Crippen LogP contribution in [0, 0.1) is 0 Å². The topological polar surface area (TPSA) is 16.4 Å². The first kappa shape index (κ1) is 30.5. The number of nitrogens with zero attached hydrogens (tertiary/aromatic N) is 1. The highest BCUT2D eigenvalue weighted by molar-refractivity contribution is 6.19. The second-order valence-electron chi connectivity index (χ2n) is 14.1. The highest BCUT2D eigenvalue weighted by Crippen LogP contribution is 2.47. The number of hydrogen-bond acceptors (Lipinski definition) is 2. The fourth-order valence-corrected chi connectivity index (χ4v) is 8.52. The summed E-state index contributed by atoms with van der Waals surface area (Å²) >= 11 is 0. The Morgan fingerprint density at radius 2 is 0.907 bits per heavy atom. The van der Waals surface area contributed by atoms with Crippen LogP contribution in [0.1, 0.15) is 0 Å². The quantitative estimate of drug-likeness (QED) is 0.168.